The van der Waals surface area contributed by atoms with Gasteiger partial charge in [-0.15, -0.1) is 0 Å². The molecule has 1 saturated heterocycles. The lowest BCUT2D eigenvalue weighted by Crippen LogP contribution is -2.48. The molecule has 0 aromatic heterocycles. The Labute approximate surface area is 156 Å². The summed E-state index contributed by atoms with van der Waals surface area (Å²) in [5, 5.41) is 12.6. The predicted octanol–water partition coefficient (Wildman–Crippen LogP) is 2.75. The highest BCUT2D eigenvalue weighted by Crippen LogP contribution is 2.27. The number of anilines is 2. The Morgan fingerprint density at radius 3 is 2.44 bits per heavy atom. The van der Waals surface area contributed by atoms with Crippen molar-refractivity contribution in [1.82, 2.24) is 4.90 Å². The van der Waals surface area contributed by atoms with Crippen LogP contribution in [0.3, 0.4) is 0 Å². The summed E-state index contributed by atoms with van der Waals surface area (Å²) < 4.78 is 29.3. The summed E-state index contributed by atoms with van der Waals surface area (Å²) in [4.78, 5) is 16.3. The van der Waals surface area contributed by atoms with Crippen molar-refractivity contribution in [3.05, 3.63) is 48.5 Å². The fourth-order valence-corrected chi connectivity index (χ4v) is 3.04. The lowest BCUT2D eigenvalue weighted by Gasteiger charge is -2.35. The van der Waals surface area contributed by atoms with Gasteiger partial charge in [0.25, 0.3) is 0 Å². The number of ether oxygens (including phenoxy) is 1. The summed E-state index contributed by atoms with van der Waals surface area (Å²) in [6.45, 7) is -0.150. The molecular weight excluding hydrogens is 356 g/mol. The first-order chi connectivity index (χ1) is 13.0. The van der Waals surface area contributed by atoms with Gasteiger partial charge in [-0.25, -0.2) is 0 Å². The van der Waals surface area contributed by atoms with Crippen LogP contribution < -0.4 is 15.0 Å². The number of nitrogens with zero attached hydrogens (tertiary/aromatic N) is 2. The molecule has 6 nitrogen and oxygen atoms in total. The van der Waals surface area contributed by atoms with Crippen LogP contribution in [0.1, 0.15) is 0 Å². The second-order valence-electron chi connectivity index (χ2n) is 6.17. The van der Waals surface area contributed by atoms with Crippen molar-refractivity contribution in [2.24, 2.45) is 0 Å². The summed E-state index contributed by atoms with van der Waals surface area (Å²) >= 11 is 0. The van der Waals surface area contributed by atoms with E-state index in [1.54, 1.807) is 24.3 Å². The SMILES string of the molecule is O=C(CN1CCN(c2ccccc2O)CC1)Nc1ccccc1OC(F)F. The molecule has 27 heavy (non-hydrogen) atoms. The van der Waals surface area contributed by atoms with Gasteiger partial charge in [-0.1, -0.05) is 24.3 Å². The van der Waals surface area contributed by atoms with Gasteiger partial charge in [0.2, 0.25) is 5.91 Å². The molecule has 0 aliphatic carbocycles. The Kier molecular flexibility index (Phi) is 6.08. The zero-order valence-electron chi connectivity index (χ0n) is 14.6. The molecule has 1 fully saturated rings. The van der Waals surface area contributed by atoms with Gasteiger partial charge in [0, 0.05) is 26.2 Å². The van der Waals surface area contributed by atoms with Crippen molar-refractivity contribution < 1.29 is 23.4 Å². The highest BCUT2D eigenvalue weighted by Gasteiger charge is 2.21. The summed E-state index contributed by atoms with van der Waals surface area (Å²) in [6, 6.07) is 13.2. The maximum atomic E-state index is 12.5. The van der Waals surface area contributed by atoms with Crippen molar-refractivity contribution in [2.45, 2.75) is 6.61 Å². The van der Waals surface area contributed by atoms with E-state index in [1.165, 1.54) is 12.1 Å². The monoisotopic (exact) mass is 377 g/mol. The van der Waals surface area contributed by atoms with E-state index < -0.39 is 6.61 Å². The van der Waals surface area contributed by atoms with Crippen LogP contribution in [0.5, 0.6) is 11.5 Å². The first kappa shape index (κ1) is 18.9. The molecular formula is C19H21F2N3O3. The molecule has 1 amide bonds. The van der Waals surface area contributed by atoms with Gasteiger partial charge in [0.1, 0.15) is 11.5 Å². The zero-order chi connectivity index (χ0) is 19.2. The Balaban J connectivity index is 1.52. The van der Waals surface area contributed by atoms with Crippen molar-refractivity contribution in [3.63, 3.8) is 0 Å². The van der Waals surface area contributed by atoms with Crippen LogP contribution in [0.4, 0.5) is 20.2 Å². The molecule has 0 unspecified atom stereocenters. The number of hydrogen-bond acceptors (Lipinski definition) is 5. The number of halogens is 2. The number of piperazine rings is 1. The Bertz CT molecular complexity index is 780. The molecule has 2 aromatic carbocycles. The molecule has 8 heteroatoms. The van der Waals surface area contributed by atoms with E-state index >= 15 is 0 Å². The van der Waals surface area contributed by atoms with Gasteiger partial charge in [0.15, 0.2) is 0 Å². The molecule has 3 rings (SSSR count). The van der Waals surface area contributed by atoms with Gasteiger partial charge in [-0.05, 0) is 24.3 Å². The topological polar surface area (TPSA) is 65.0 Å². The first-order valence-electron chi connectivity index (χ1n) is 8.62. The number of hydrogen-bond donors (Lipinski definition) is 2. The molecule has 2 N–H and O–H groups in total. The molecule has 2 aromatic rings. The molecule has 0 radical (unpaired) electrons. The van der Waals surface area contributed by atoms with Crippen molar-refractivity contribution in [2.75, 3.05) is 42.9 Å². The van der Waals surface area contributed by atoms with E-state index in [4.69, 9.17) is 0 Å². The molecule has 1 aliphatic rings. The number of amides is 1. The predicted molar refractivity (Wildman–Crippen MR) is 98.5 cm³/mol. The van der Waals surface area contributed by atoms with E-state index in [2.05, 4.69) is 15.0 Å². The van der Waals surface area contributed by atoms with Crippen molar-refractivity contribution in [1.29, 1.82) is 0 Å². The van der Waals surface area contributed by atoms with Crippen LogP contribution in [-0.2, 0) is 4.79 Å². The molecule has 0 bridgehead atoms. The average molecular weight is 377 g/mol. The second kappa shape index (κ2) is 8.68. The Morgan fingerprint density at radius 1 is 1.07 bits per heavy atom. The summed E-state index contributed by atoms with van der Waals surface area (Å²) in [5.74, 6) is -0.124. The number of carbonyl (C=O) groups is 1. The minimum atomic E-state index is -2.95. The maximum absolute atomic E-state index is 12.5. The van der Waals surface area contributed by atoms with Gasteiger partial charge < -0.3 is 20.1 Å². The third-order valence-corrected chi connectivity index (χ3v) is 4.34. The van der Waals surface area contributed by atoms with Gasteiger partial charge >= 0.3 is 6.61 Å². The minimum absolute atomic E-state index is 0.0646. The van der Waals surface area contributed by atoms with Crippen molar-refractivity contribution in [3.8, 4) is 11.5 Å². The molecule has 1 aliphatic heterocycles. The van der Waals surface area contributed by atoms with Crippen LogP contribution in [0.15, 0.2) is 48.5 Å². The smallest absolute Gasteiger partial charge is 0.387 e. The van der Waals surface area contributed by atoms with E-state index in [-0.39, 0.29) is 29.6 Å². The molecule has 0 spiro atoms. The van der Waals surface area contributed by atoms with E-state index in [1.807, 2.05) is 17.0 Å². The highest BCUT2D eigenvalue weighted by atomic mass is 19.3. The third kappa shape index (κ3) is 5.07. The lowest BCUT2D eigenvalue weighted by molar-refractivity contribution is -0.117. The van der Waals surface area contributed by atoms with Gasteiger partial charge in [-0.3, -0.25) is 9.69 Å². The number of rotatable bonds is 6. The Morgan fingerprint density at radius 2 is 1.74 bits per heavy atom. The van der Waals surface area contributed by atoms with Gasteiger partial charge in [-0.2, -0.15) is 8.78 Å². The first-order valence-corrected chi connectivity index (χ1v) is 8.62. The van der Waals surface area contributed by atoms with E-state index in [9.17, 15) is 18.7 Å². The summed E-state index contributed by atoms with van der Waals surface area (Å²) in [6.07, 6.45) is 0. The zero-order valence-corrected chi connectivity index (χ0v) is 14.6. The Hall–Kier alpha value is -2.87. The quantitative estimate of drug-likeness (QED) is 0.811. The number of para-hydroxylation sites is 4. The number of carbonyl (C=O) groups excluding carboxylic acids is 1. The highest BCUT2D eigenvalue weighted by molar-refractivity contribution is 5.93. The number of benzene rings is 2. The standard InChI is InChI=1S/C19H21F2N3O3/c20-19(21)27-17-8-4-1-5-14(17)22-18(26)13-23-9-11-24(12-10-23)15-6-2-3-7-16(15)25/h1-8,19,25H,9-13H2,(H,22,26). The lowest BCUT2D eigenvalue weighted by atomic mass is 10.2. The average Bonchev–Trinajstić information content (AvgIpc) is 2.64. The normalized spacial score (nSPS) is 15.0. The number of aromatic hydroxyl groups is 1. The van der Waals surface area contributed by atoms with Crippen LogP contribution >= 0.6 is 0 Å². The molecule has 1 heterocycles. The maximum Gasteiger partial charge on any atom is 0.387 e. The largest absolute Gasteiger partial charge is 0.506 e. The molecule has 0 atom stereocenters. The summed E-state index contributed by atoms with van der Waals surface area (Å²) in [5.41, 5.74) is 0.996. The number of phenols is 1. The molecule has 0 saturated carbocycles. The molecule has 144 valence electrons. The van der Waals surface area contributed by atoms with Crippen LogP contribution in [-0.4, -0.2) is 55.2 Å². The van der Waals surface area contributed by atoms with Crippen LogP contribution in [0, 0.1) is 0 Å². The van der Waals surface area contributed by atoms with Crippen LogP contribution in [0.25, 0.3) is 0 Å². The number of nitrogens with one attached hydrogen (secondary N) is 1. The fraction of sp³-hybridized carbons (Fsp3) is 0.316. The van der Waals surface area contributed by atoms with E-state index in [0.29, 0.717) is 26.2 Å². The minimum Gasteiger partial charge on any atom is -0.506 e. The number of alkyl halides is 2. The number of phenolic OH excluding ortho intramolecular Hbond substituents is 1. The van der Waals surface area contributed by atoms with Crippen molar-refractivity contribution >= 4 is 17.3 Å². The van der Waals surface area contributed by atoms with Gasteiger partial charge in [0.05, 0.1) is 17.9 Å². The van der Waals surface area contributed by atoms with Crippen LogP contribution in [0.2, 0.25) is 0 Å². The fourth-order valence-electron chi connectivity index (χ4n) is 3.04. The summed E-state index contributed by atoms with van der Waals surface area (Å²) in [7, 11) is 0. The second-order valence-corrected chi connectivity index (χ2v) is 6.17. The third-order valence-electron chi connectivity index (χ3n) is 4.34. The van der Waals surface area contributed by atoms with E-state index in [0.717, 1.165) is 5.69 Å².